The van der Waals surface area contributed by atoms with Crippen molar-refractivity contribution in [3.05, 3.63) is 23.8 Å². The van der Waals surface area contributed by atoms with Crippen molar-refractivity contribution in [3.63, 3.8) is 0 Å². The van der Waals surface area contributed by atoms with Crippen molar-refractivity contribution < 1.29 is 27.8 Å². The molecule has 4 nitrogen and oxygen atoms in total. The van der Waals surface area contributed by atoms with Crippen LogP contribution in [0, 0.1) is 5.95 Å². The van der Waals surface area contributed by atoms with Gasteiger partial charge >= 0.3 is 12.6 Å². The number of aliphatic carboxylic acids is 1. The molecule has 0 radical (unpaired) electrons. The predicted octanol–water partition coefficient (Wildman–Crippen LogP) is 1.45. The van der Waals surface area contributed by atoms with Crippen molar-refractivity contribution in [1.29, 1.82) is 0 Å². The quantitative estimate of drug-likeness (QED) is 0.781. The van der Waals surface area contributed by atoms with Gasteiger partial charge in [0.05, 0.1) is 6.42 Å². The van der Waals surface area contributed by atoms with Gasteiger partial charge in [0.1, 0.15) is 5.75 Å². The SMILES string of the molecule is O=C(O)Cc1cnc(F)cc1OC(F)F. The Kier molecular flexibility index (Phi) is 3.48. The topological polar surface area (TPSA) is 59.4 Å². The summed E-state index contributed by atoms with van der Waals surface area (Å²) in [5.41, 5.74) is -0.107. The second-order valence-corrected chi connectivity index (χ2v) is 2.56. The van der Waals surface area contributed by atoms with Crippen LogP contribution in [0.4, 0.5) is 13.2 Å². The molecule has 1 aromatic rings. The molecule has 1 aromatic heterocycles. The molecule has 0 fully saturated rings. The lowest BCUT2D eigenvalue weighted by Crippen LogP contribution is -2.08. The molecule has 0 aliphatic rings. The van der Waals surface area contributed by atoms with E-state index < -0.39 is 30.7 Å². The standard InChI is InChI=1S/C8H6F3NO3/c9-6-2-5(15-8(10)11)4(3-12-6)1-7(13)14/h2-3,8H,1H2,(H,13,14). The molecule has 0 amide bonds. The summed E-state index contributed by atoms with van der Waals surface area (Å²) in [6.45, 7) is -3.14. The molecule has 7 heteroatoms. The fraction of sp³-hybridized carbons (Fsp3) is 0.250. The van der Waals surface area contributed by atoms with Gasteiger partial charge in [-0.2, -0.15) is 13.2 Å². The van der Waals surface area contributed by atoms with Crippen LogP contribution in [0.3, 0.4) is 0 Å². The third-order valence-electron chi connectivity index (χ3n) is 1.47. The number of hydrogen-bond acceptors (Lipinski definition) is 3. The number of carbonyl (C=O) groups is 1. The zero-order valence-electron chi connectivity index (χ0n) is 7.28. The summed E-state index contributed by atoms with van der Waals surface area (Å²) in [4.78, 5) is 13.5. The number of nitrogens with zero attached hydrogens (tertiary/aromatic N) is 1. The first kappa shape index (κ1) is 11.3. The maximum Gasteiger partial charge on any atom is 0.387 e. The first-order valence-electron chi connectivity index (χ1n) is 3.80. The summed E-state index contributed by atoms with van der Waals surface area (Å²) >= 11 is 0. The van der Waals surface area contributed by atoms with E-state index >= 15 is 0 Å². The normalized spacial score (nSPS) is 10.4. The van der Waals surface area contributed by atoms with Gasteiger partial charge in [-0.15, -0.1) is 0 Å². The number of ether oxygens (including phenoxy) is 1. The zero-order chi connectivity index (χ0) is 11.4. The summed E-state index contributed by atoms with van der Waals surface area (Å²) in [6.07, 6.45) is 0.288. The van der Waals surface area contributed by atoms with Crippen LogP contribution in [0.5, 0.6) is 5.75 Å². The number of alkyl halides is 2. The minimum absolute atomic E-state index is 0.107. The molecule has 1 heterocycles. The first-order chi connectivity index (χ1) is 6.99. The summed E-state index contributed by atoms with van der Waals surface area (Å²) in [5, 5.41) is 8.43. The Morgan fingerprint density at radius 3 is 2.80 bits per heavy atom. The minimum atomic E-state index is -3.14. The highest BCUT2D eigenvalue weighted by Crippen LogP contribution is 2.20. The van der Waals surface area contributed by atoms with Gasteiger partial charge < -0.3 is 9.84 Å². The maximum atomic E-state index is 12.6. The summed E-state index contributed by atoms with van der Waals surface area (Å²) in [7, 11) is 0. The van der Waals surface area contributed by atoms with Crippen molar-refractivity contribution in [2.45, 2.75) is 13.0 Å². The van der Waals surface area contributed by atoms with Gasteiger partial charge in [0, 0.05) is 17.8 Å². The van der Waals surface area contributed by atoms with Crippen LogP contribution >= 0.6 is 0 Å². The number of pyridine rings is 1. The number of aromatic nitrogens is 1. The molecule has 82 valence electrons. The summed E-state index contributed by atoms with van der Waals surface area (Å²) in [5.74, 6) is -2.78. The molecule has 0 saturated heterocycles. The van der Waals surface area contributed by atoms with Crippen LogP contribution in [0.1, 0.15) is 5.56 Å². The summed E-state index contributed by atoms with van der Waals surface area (Å²) < 4.78 is 40.2. The van der Waals surface area contributed by atoms with E-state index in [9.17, 15) is 18.0 Å². The number of carboxylic acids is 1. The van der Waals surface area contributed by atoms with E-state index in [1.807, 2.05) is 0 Å². The maximum absolute atomic E-state index is 12.6. The Morgan fingerprint density at radius 1 is 1.60 bits per heavy atom. The second-order valence-electron chi connectivity index (χ2n) is 2.56. The molecule has 0 unspecified atom stereocenters. The monoisotopic (exact) mass is 221 g/mol. The number of hydrogen-bond donors (Lipinski definition) is 1. The molecule has 0 aliphatic heterocycles. The van der Waals surface area contributed by atoms with Crippen LogP contribution in [-0.4, -0.2) is 22.7 Å². The van der Waals surface area contributed by atoms with Crippen LogP contribution in [0.15, 0.2) is 12.3 Å². The van der Waals surface area contributed by atoms with Crippen LogP contribution in [0.25, 0.3) is 0 Å². The van der Waals surface area contributed by atoms with Crippen molar-refractivity contribution in [2.24, 2.45) is 0 Å². The van der Waals surface area contributed by atoms with E-state index in [-0.39, 0.29) is 5.56 Å². The van der Waals surface area contributed by atoms with E-state index in [4.69, 9.17) is 5.11 Å². The third kappa shape index (κ3) is 3.45. The average Bonchev–Trinajstić information content (AvgIpc) is 2.08. The van der Waals surface area contributed by atoms with Gasteiger partial charge in [-0.25, -0.2) is 4.98 Å². The average molecular weight is 221 g/mol. The second kappa shape index (κ2) is 4.63. The van der Waals surface area contributed by atoms with E-state index in [1.54, 1.807) is 0 Å². The Hall–Kier alpha value is -1.79. The zero-order valence-corrected chi connectivity index (χ0v) is 7.28. The molecule has 0 atom stereocenters. The van der Waals surface area contributed by atoms with Crippen molar-refractivity contribution in [1.82, 2.24) is 4.98 Å². The molecular weight excluding hydrogens is 215 g/mol. The Balaban J connectivity index is 2.97. The fourth-order valence-electron chi connectivity index (χ4n) is 0.943. The van der Waals surface area contributed by atoms with Crippen LogP contribution < -0.4 is 4.74 Å². The van der Waals surface area contributed by atoms with E-state index in [0.717, 1.165) is 6.20 Å². The lowest BCUT2D eigenvalue weighted by atomic mass is 10.2. The number of carboxylic acid groups (broad SMARTS) is 1. The lowest BCUT2D eigenvalue weighted by Gasteiger charge is -2.08. The van der Waals surface area contributed by atoms with Gasteiger partial charge in [0.25, 0.3) is 0 Å². The molecule has 0 aromatic carbocycles. The molecule has 1 N–H and O–H groups in total. The van der Waals surface area contributed by atoms with Crippen LogP contribution in [0.2, 0.25) is 0 Å². The van der Waals surface area contributed by atoms with E-state index in [0.29, 0.717) is 6.07 Å². The Morgan fingerprint density at radius 2 is 2.27 bits per heavy atom. The van der Waals surface area contributed by atoms with E-state index in [1.165, 1.54) is 0 Å². The molecule has 1 rings (SSSR count). The molecule has 0 saturated carbocycles. The minimum Gasteiger partial charge on any atom is -0.481 e. The molecule has 0 spiro atoms. The van der Waals surface area contributed by atoms with Crippen LogP contribution in [-0.2, 0) is 11.2 Å². The van der Waals surface area contributed by atoms with Crippen molar-refractivity contribution in [2.75, 3.05) is 0 Å². The Bertz CT molecular complexity index is 370. The fourth-order valence-corrected chi connectivity index (χ4v) is 0.943. The highest BCUT2D eigenvalue weighted by Gasteiger charge is 2.13. The smallest absolute Gasteiger partial charge is 0.387 e. The number of halogens is 3. The highest BCUT2D eigenvalue weighted by atomic mass is 19.3. The largest absolute Gasteiger partial charge is 0.481 e. The molecular formula is C8H6F3NO3. The van der Waals surface area contributed by atoms with Gasteiger partial charge in [-0.3, -0.25) is 4.79 Å². The summed E-state index contributed by atoms with van der Waals surface area (Å²) in [6, 6.07) is 0.616. The van der Waals surface area contributed by atoms with Crippen molar-refractivity contribution in [3.8, 4) is 5.75 Å². The van der Waals surface area contributed by atoms with Gasteiger partial charge in [0.2, 0.25) is 5.95 Å². The highest BCUT2D eigenvalue weighted by molar-refractivity contribution is 5.71. The first-order valence-corrected chi connectivity index (χ1v) is 3.80. The number of rotatable bonds is 4. The molecule has 15 heavy (non-hydrogen) atoms. The van der Waals surface area contributed by atoms with Gasteiger partial charge in [0.15, 0.2) is 0 Å². The van der Waals surface area contributed by atoms with Gasteiger partial charge in [-0.1, -0.05) is 0 Å². The predicted molar refractivity (Wildman–Crippen MR) is 42.2 cm³/mol. The molecule has 0 aliphatic carbocycles. The van der Waals surface area contributed by atoms with E-state index in [2.05, 4.69) is 9.72 Å². The van der Waals surface area contributed by atoms with Crippen molar-refractivity contribution >= 4 is 5.97 Å². The third-order valence-corrected chi connectivity index (χ3v) is 1.47. The molecule has 0 bridgehead atoms. The van der Waals surface area contributed by atoms with Gasteiger partial charge in [-0.05, 0) is 0 Å². The Labute approximate surface area is 82.3 Å². The lowest BCUT2D eigenvalue weighted by molar-refractivity contribution is -0.136.